The van der Waals surface area contributed by atoms with Gasteiger partial charge in [0.2, 0.25) is 0 Å². The summed E-state index contributed by atoms with van der Waals surface area (Å²) in [7, 11) is 1.66. The summed E-state index contributed by atoms with van der Waals surface area (Å²) < 4.78 is 13.2. The van der Waals surface area contributed by atoms with Gasteiger partial charge < -0.3 is 15.2 Å². The third-order valence-corrected chi connectivity index (χ3v) is 4.17. The van der Waals surface area contributed by atoms with E-state index in [-0.39, 0.29) is 0 Å². The maximum Gasteiger partial charge on any atom is 0.134 e. The van der Waals surface area contributed by atoms with E-state index in [0.717, 1.165) is 32.4 Å². The Kier molecular flexibility index (Phi) is 6.08. The second-order valence-electron chi connectivity index (χ2n) is 4.55. The summed E-state index contributed by atoms with van der Waals surface area (Å²) >= 11 is 7.00. The molecule has 0 saturated heterocycles. The van der Waals surface area contributed by atoms with Gasteiger partial charge in [-0.1, -0.05) is 22.0 Å². The van der Waals surface area contributed by atoms with Gasteiger partial charge in [-0.3, -0.25) is 0 Å². The normalized spacial score (nSPS) is 10.5. The number of halogens is 2. The first-order valence-corrected chi connectivity index (χ1v) is 8.16. The summed E-state index contributed by atoms with van der Waals surface area (Å²) in [4.78, 5) is 0. The molecule has 0 amide bonds. The molecule has 0 aliphatic heterocycles. The monoisotopic (exact) mass is 413 g/mol. The lowest BCUT2D eigenvalue weighted by Gasteiger charge is -2.12. The summed E-state index contributed by atoms with van der Waals surface area (Å²) in [5.74, 6) is 1.62. The highest BCUT2D eigenvalue weighted by atomic mass is 79.9. The van der Waals surface area contributed by atoms with Gasteiger partial charge in [0, 0.05) is 10.0 Å². The average Bonchev–Trinajstić information content (AvgIpc) is 2.47. The minimum absolute atomic E-state index is 0.442. The molecular formula is C16H17Br2NO2. The van der Waals surface area contributed by atoms with Gasteiger partial charge in [-0.25, -0.2) is 0 Å². The number of benzene rings is 2. The quantitative estimate of drug-likeness (QED) is 0.766. The predicted octanol–water partition coefficient (Wildman–Crippen LogP) is 4.30. The molecule has 2 rings (SSSR count). The molecule has 112 valence electrons. The molecule has 2 aromatic rings. The number of ether oxygens (including phenoxy) is 2. The Balaban J connectivity index is 2.11. The van der Waals surface area contributed by atoms with Crippen molar-refractivity contribution < 1.29 is 9.47 Å². The van der Waals surface area contributed by atoms with Crippen LogP contribution in [0.4, 0.5) is 0 Å². The summed E-state index contributed by atoms with van der Waals surface area (Å²) in [5, 5.41) is 0. The van der Waals surface area contributed by atoms with Crippen LogP contribution in [0.2, 0.25) is 0 Å². The molecule has 0 aromatic heterocycles. The molecule has 0 radical (unpaired) electrons. The SMILES string of the molecule is COc1ccc(Br)cc1COc1ccc(CCN)cc1Br. The van der Waals surface area contributed by atoms with E-state index in [0.29, 0.717) is 13.2 Å². The highest BCUT2D eigenvalue weighted by Gasteiger charge is 2.07. The number of rotatable bonds is 6. The van der Waals surface area contributed by atoms with Crippen LogP contribution in [0.3, 0.4) is 0 Å². The topological polar surface area (TPSA) is 44.5 Å². The summed E-state index contributed by atoms with van der Waals surface area (Å²) in [6, 6.07) is 11.9. The number of hydrogen-bond donors (Lipinski definition) is 1. The molecule has 0 bridgehead atoms. The van der Waals surface area contributed by atoms with Gasteiger partial charge in [-0.05, 0) is 64.8 Å². The van der Waals surface area contributed by atoms with Crippen LogP contribution >= 0.6 is 31.9 Å². The van der Waals surface area contributed by atoms with Crippen molar-refractivity contribution in [3.8, 4) is 11.5 Å². The molecule has 2 N–H and O–H groups in total. The summed E-state index contributed by atoms with van der Waals surface area (Å²) in [6.07, 6.45) is 0.859. The summed E-state index contributed by atoms with van der Waals surface area (Å²) in [6.45, 7) is 1.08. The van der Waals surface area contributed by atoms with Crippen LogP contribution in [0.1, 0.15) is 11.1 Å². The molecule has 0 saturated carbocycles. The van der Waals surface area contributed by atoms with Gasteiger partial charge in [0.25, 0.3) is 0 Å². The van der Waals surface area contributed by atoms with Crippen molar-refractivity contribution in [2.24, 2.45) is 5.73 Å². The molecule has 0 unspecified atom stereocenters. The molecule has 2 aromatic carbocycles. The number of nitrogens with two attached hydrogens (primary N) is 1. The van der Waals surface area contributed by atoms with Crippen molar-refractivity contribution >= 4 is 31.9 Å². The van der Waals surface area contributed by atoms with Crippen molar-refractivity contribution in [2.75, 3.05) is 13.7 Å². The van der Waals surface area contributed by atoms with E-state index in [9.17, 15) is 0 Å². The van der Waals surface area contributed by atoms with Gasteiger partial charge in [0.15, 0.2) is 0 Å². The second kappa shape index (κ2) is 7.82. The molecule has 3 nitrogen and oxygen atoms in total. The van der Waals surface area contributed by atoms with Gasteiger partial charge >= 0.3 is 0 Å². The Bertz CT molecular complexity index is 617. The van der Waals surface area contributed by atoms with E-state index in [1.165, 1.54) is 5.56 Å². The van der Waals surface area contributed by atoms with Crippen LogP contribution < -0.4 is 15.2 Å². The lowest BCUT2D eigenvalue weighted by atomic mass is 10.1. The minimum atomic E-state index is 0.442. The van der Waals surface area contributed by atoms with Crippen molar-refractivity contribution in [1.82, 2.24) is 0 Å². The number of hydrogen-bond acceptors (Lipinski definition) is 3. The maximum atomic E-state index is 5.87. The first-order chi connectivity index (χ1) is 10.1. The van der Waals surface area contributed by atoms with E-state index in [1.54, 1.807) is 7.11 Å². The lowest BCUT2D eigenvalue weighted by Crippen LogP contribution is -2.03. The van der Waals surface area contributed by atoms with Crippen LogP contribution in [0.5, 0.6) is 11.5 Å². The maximum absolute atomic E-state index is 5.87. The Morgan fingerprint density at radius 3 is 2.48 bits per heavy atom. The molecule has 0 fully saturated rings. The Labute approximate surface area is 141 Å². The van der Waals surface area contributed by atoms with Crippen molar-refractivity contribution in [3.63, 3.8) is 0 Å². The predicted molar refractivity (Wildman–Crippen MR) is 91.9 cm³/mol. The van der Waals surface area contributed by atoms with E-state index in [4.69, 9.17) is 15.2 Å². The molecular weight excluding hydrogens is 398 g/mol. The van der Waals surface area contributed by atoms with Gasteiger partial charge in [-0.2, -0.15) is 0 Å². The van der Waals surface area contributed by atoms with Crippen molar-refractivity contribution in [3.05, 3.63) is 56.5 Å². The minimum Gasteiger partial charge on any atom is -0.496 e. The van der Waals surface area contributed by atoms with Crippen LogP contribution in [-0.4, -0.2) is 13.7 Å². The fraction of sp³-hybridized carbons (Fsp3) is 0.250. The standard InChI is InChI=1S/C16H17Br2NO2/c1-20-15-5-3-13(17)9-12(15)10-21-16-4-2-11(6-7-19)8-14(16)18/h2-5,8-9H,6-7,10,19H2,1H3. The molecule has 21 heavy (non-hydrogen) atoms. The third-order valence-electron chi connectivity index (χ3n) is 3.05. The average molecular weight is 415 g/mol. The van der Waals surface area contributed by atoms with Gasteiger partial charge in [0.05, 0.1) is 11.6 Å². The van der Waals surface area contributed by atoms with E-state index >= 15 is 0 Å². The zero-order chi connectivity index (χ0) is 15.2. The molecule has 0 aliphatic rings. The van der Waals surface area contributed by atoms with E-state index in [2.05, 4.69) is 31.9 Å². The Morgan fingerprint density at radius 2 is 1.81 bits per heavy atom. The smallest absolute Gasteiger partial charge is 0.134 e. The van der Waals surface area contributed by atoms with Crippen molar-refractivity contribution in [2.45, 2.75) is 13.0 Å². The molecule has 0 spiro atoms. The van der Waals surface area contributed by atoms with E-state index in [1.807, 2.05) is 36.4 Å². The molecule has 5 heteroatoms. The summed E-state index contributed by atoms with van der Waals surface area (Å²) in [5.41, 5.74) is 7.75. The zero-order valence-corrected chi connectivity index (χ0v) is 14.9. The largest absolute Gasteiger partial charge is 0.496 e. The second-order valence-corrected chi connectivity index (χ2v) is 6.32. The van der Waals surface area contributed by atoms with Crippen LogP contribution in [0.15, 0.2) is 45.3 Å². The zero-order valence-electron chi connectivity index (χ0n) is 11.7. The van der Waals surface area contributed by atoms with Crippen LogP contribution in [0, 0.1) is 0 Å². The van der Waals surface area contributed by atoms with Crippen molar-refractivity contribution in [1.29, 1.82) is 0 Å². The Hall–Kier alpha value is -1.04. The fourth-order valence-electron chi connectivity index (χ4n) is 2.00. The third kappa shape index (κ3) is 4.46. The van der Waals surface area contributed by atoms with Crippen LogP contribution in [-0.2, 0) is 13.0 Å². The Morgan fingerprint density at radius 1 is 1.05 bits per heavy atom. The lowest BCUT2D eigenvalue weighted by molar-refractivity contribution is 0.295. The molecule has 0 heterocycles. The fourth-order valence-corrected chi connectivity index (χ4v) is 2.95. The van der Waals surface area contributed by atoms with Gasteiger partial charge in [0.1, 0.15) is 18.1 Å². The number of methoxy groups -OCH3 is 1. The molecule has 0 atom stereocenters. The molecule has 0 aliphatic carbocycles. The van der Waals surface area contributed by atoms with Gasteiger partial charge in [-0.15, -0.1) is 0 Å². The first kappa shape index (κ1) is 16.3. The highest BCUT2D eigenvalue weighted by molar-refractivity contribution is 9.10. The van der Waals surface area contributed by atoms with E-state index < -0.39 is 0 Å². The highest BCUT2D eigenvalue weighted by Crippen LogP contribution is 2.29. The first-order valence-electron chi connectivity index (χ1n) is 6.57. The van der Waals surface area contributed by atoms with Crippen LogP contribution in [0.25, 0.3) is 0 Å².